The van der Waals surface area contributed by atoms with Crippen molar-refractivity contribution < 1.29 is 4.74 Å². The van der Waals surface area contributed by atoms with Crippen molar-refractivity contribution in [2.45, 2.75) is 38.2 Å². The number of nitrogen functional groups attached to an aromatic ring is 1. The minimum absolute atomic E-state index is 0.321. The van der Waals surface area contributed by atoms with Gasteiger partial charge < -0.3 is 10.2 Å². The van der Waals surface area contributed by atoms with Crippen LogP contribution in [0.2, 0.25) is 0 Å². The lowest BCUT2D eigenvalue weighted by atomic mass is 10.0. The summed E-state index contributed by atoms with van der Waals surface area (Å²) in [6, 6.07) is 1.99. The molecule has 0 saturated heterocycles. The van der Waals surface area contributed by atoms with Crippen LogP contribution in [0.3, 0.4) is 0 Å². The number of aromatic nitrogens is 2. The number of thiophene rings is 1. The summed E-state index contributed by atoms with van der Waals surface area (Å²) >= 11 is 1.60. The number of nitrogens with zero attached hydrogens (tertiary/aromatic N) is 2. The lowest BCUT2D eigenvalue weighted by Crippen LogP contribution is -2.29. The van der Waals surface area contributed by atoms with Crippen molar-refractivity contribution in [3.63, 3.8) is 0 Å². The number of hydrogen-bond acceptors (Lipinski definition) is 6. The zero-order valence-electron chi connectivity index (χ0n) is 11.0. The number of nitrogens with two attached hydrogens (primary N) is 1. The third-order valence-electron chi connectivity index (χ3n) is 3.70. The zero-order valence-corrected chi connectivity index (χ0v) is 11.8. The Kier molecular flexibility index (Phi) is 3.38. The molecule has 1 aliphatic carbocycles. The predicted octanol–water partition coefficient (Wildman–Crippen LogP) is 2.78. The molecule has 2 aromatic rings. The highest BCUT2D eigenvalue weighted by molar-refractivity contribution is 7.16. The molecule has 102 valence electrons. The number of anilines is 1. The van der Waals surface area contributed by atoms with Crippen LogP contribution in [0.15, 0.2) is 11.4 Å². The van der Waals surface area contributed by atoms with Crippen molar-refractivity contribution in [3.8, 4) is 0 Å². The van der Waals surface area contributed by atoms with Crippen LogP contribution in [-0.4, -0.2) is 16.6 Å². The number of fused-ring (bicyclic) bond motifs is 1. The van der Waals surface area contributed by atoms with E-state index in [9.17, 15) is 0 Å². The first-order chi connectivity index (χ1) is 9.29. The van der Waals surface area contributed by atoms with Gasteiger partial charge >= 0.3 is 0 Å². The largest absolute Gasteiger partial charge is 0.367 e. The Morgan fingerprint density at radius 2 is 2.21 bits per heavy atom. The average molecular weight is 278 g/mol. The molecule has 1 fully saturated rings. The van der Waals surface area contributed by atoms with Crippen LogP contribution in [0, 0.1) is 0 Å². The van der Waals surface area contributed by atoms with Crippen LogP contribution in [0.5, 0.6) is 0 Å². The lowest BCUT2D eigenvalue weighted by molar-refractivity contribution is -0.0453. The monoisotopic (exact) mass is 278 g/mol. The molecule has 3 rings (SSSR count). The van der Waals surface area contributed by atoms with Crippen LogP contribution >= 0.6 is 11.3 Å². The van der Waals surface area contributed by atoms with Crippen molar-refractivity contribution in [1.29, 1.82) is 0 Å². The molecule has 0 aromatic carbocycles. The highest BCUT2D eigenvalue weighted by Crippen LogP contribution is 2.41. The standard InChI is InChI=1S/C13H18N4OS/c1-2-18-13(6-3-4-7-13)12-15-10(17-14)9-5-8-19-11(9)16-12/h5,8H,2-4,6-7,14H2,1H3,(H,15,16,17). The molecule has 1 aliphatic rings. The van der Waals surface area contributed by atoms with Crippen molar-refractivity contribution in [2.24, 2.45) is 5.84 Å². The summed E-state index contributed by atoms with van der Waals surface area (Å²) in [5.41, 5.74) is 2.36. The van der Waals surface area contributed by atoms with Crippen LogP contribution in [0.25, 0.3) is 10.2 Å². The molecule has 0 bridgehead atoms. The minimum Gasteiger partial charge on any atom is -0.367 e. The maximum Gasteiger partial charge on any atom is 0.164 e. The van der Waals surface area contributed by atoms with E-state index in [1.807, 2.05) is 18.4 Å². The van der Waals surface area contributed by atoms with E-state index in [1.54, 1.807) is 11.3 Å². The summed E-state index contributed by atoms with van der Waals surface area (Å²) in [5.74, 6) is 7.04. The zero-order chi connectivity index (χ0) is 13.3. The molecular formula is C13H18N4OS. The van der Waals surface area contributed by atoms with E-state index in [4.69, 9.17) is 15.6 Å². The highest BCUT2D eigenvalue weighted by Gasteiger charge is 2.39. The molecule has 0 unspecified atom stereocenters. The summed E-state index contributed by atoms with van der Waals surface area (Å²) in [6.07, 6.45) is 4.30. The van der Waals surface area contributed by atoms with Gasteiger partial charge in [-0.25, -0.2) is 15.8 Å². The number of nitrogens with one attached hydrogen (secondary N) is 1. The van der Waals surface area contributed by atoms with Gasteiger partial charge in [-0.1, -0.05) is 0 Å². The Hall–Kier alpha value is -1.24. The smallest absolute Gasteiger partial charge is 0.164 e. The Balaban J connectivity index is 2.12. The van der Waals surface area contributed by atoms with Crippen LogP contribution in [0.1, 0.15) is 38.4 Å². The fourth-order valence-electron chi connectivity index (χ4n) is 2.82. The molecule has 0 spiro atoms. The van der Waals surface area contributed by atoms with Gasteiger partial charge in [0.1, 0.15) is 10.4 Å². The van der Waals surface area contributed by atoms with Crippen molar-refractivity contribution in [3.05, 3.63) is 17.3 Å². The summed E-state index contributed by atoms with van der Waals surface area (Å²) in [5, 5.41) is 2.98. The Morgan fingerprint density at radius 1 is 1.42 bits per heavy atom. The van der Waals surface area contributed by atoms with E-state index >= 15 is 0 Å². The molecule has 3 N–H and O–H groups in total. The van der Waals surface area contributed by atoms with Gasteiger partial charge in [0, 0.05) is 6.61 Å². The number of hydrogen-bond donors (Lipinski definition) is 2. The average Bonchev–Trinajstić information content (AvgIpc) is 3.06. The van der Waals surface area contributed by atoms with Crippen molar-refractivity contribution in [1.82, 2.24) is 9.97 Å². The van der Waals surface area contributed by atoms with E-state index in [2.05, 4.69) is 10.4 Å². The first-order valence-corrected chi connectivity index (χ1v) is 7.53. The van der Waals surface area contributed by atoms with E-state index in [0.29, 0.717) is 12.4 Å². The number of rotatable bonds is 4. The van der Waals surface area contributed by atoms with Gasteiger partial charge in [-0.3, -0.25) is 0 Å². The Morgan fingerprint density at radius 3 is 2.89 bits per heavy atom. The third kappa shape index (κ3) is 2.09. The van der Waals surface area contributed by atoms with Gasteiger partial charge in [-0.15, -0.1) is 11.3 Å². The van der Waals surface area contributed by atoms with E-state index in [0.717, 1.165) is 41.7 Å². The topological polar surface area (TPSA) is 73.1 Å². The highest BCUT2D eigenvalue weighted by atomic mass is 32.1. The van der Waals surface area contributed by atoms with Gasteiger partial charge in [-0.2, -0.15) is 0 Å². The summed E-state index contributed by atoms with van der Waals surface area (Å²) in [7, 11) is 0. The molecule has 1 saturated carbocycles. The first kappa shape index (κ1) is 12.8. The molecular weight excluding hydrogens is 260 g/mol. The Labute approximate surface area is 116 Å². The second kappa shape index (κ2) is 5.03. The normalized spacial score (nSPS) is 18.0. The first-order valence-electron chi connectivity index (χ1n) is 6.65. The molecule has 0 radical (unpaired) electrons. The van der Waals surface area contributed by atoms with Gasteiger partial charge in [0.05, 0.1) is 5.39 Å². The maximum absolute atomic E-state index is 6.01. The number of ether oxygens (including phenoxy) is 1. The molecule has 0 amide bonds. The van der Waals surface area contributed by atoms with Crippen molar-refractivity contribution in [2.75, 3.05) is 12.0 Å². The molecule has 5 nitrogen and oxygen atoms in total. The van der Waals surface area contributed by atoms with E-state index < -0.39 is 0 Å². The SMILES string of the molecule is CCOC1(c2nc(NN)c3ccsc3n2)CCCC1. The summed E-state index contributed by atoms with van der Waals surface area (Å²) in [6.45, 7) is 2.70. The molecule has 6 heteroatoms. The van der Waals surface area contributed by atoms with E-state index in [1.165, 1.54) is 0 Å². The number of hydrazine groups is 1. The molecule has 2 aromatic heterocycles. The predicted molar refractivity (Wildman–Crippen MR) is 77.0 cm³/mol. The minimum atomic E-state index is -0.321. The van der Waals surface area contributed by atoms with Gasteiger partial charge in [0.25, 0.3) is 0 Å². The van der Waals surface area contributed by atoms with Crippen LogP contribution in [-0.2, 0) is 10.3 Å². The Bertz CT molecular complexity index is 577. The van der Waals surface area contributed by atoms with Crippen LogP contribution < -0.4 is 11.3 Å². The lowest BCUT2D eigenvalue weighted by Gasteiger charge is -2.27. The van der Waals surface area contributed by atoms with E-state index in [-0.39, 0.29) is 5.60 Å². The maximum atomic E-state index is 6.01. The molecule has 2 heterocycles. The molecule has 0 atom stereocenters. The fraction of sp³-hybridized carbons (Fsp3) is 0.538. The summed E-state index contributed by atoms with van der Waals surface area (Å²) in [4.78, 5) is 10.3. The van der Waals surface area contributed by atoms with Gasteiger partial charge in [0.2, 0.25) is 0 Å². The molecule has 0 aliphatic heterocycles. The fourth-order valence-corrected chi connectivity index (χ4v) is 3.59. The van der Waals surface area contributed by atoms with Crippen LogP contribution in [0.4, 0.5) is 5.82 Å². The summed E-state index contributed by atoms with van der Waals surface area (Å²) < 4.78 is 6.01. The van der Waals surface area contributed by atoms with Gasteiger partial charge in [-0.05, 0) is 44.1 Å². The second-order valence-corrected chi connectivity index (χ2v) is 5.71. The second-order valence-electron chi connectivity index (χ2n) is 4.81. The quantitative estimate of drug-likeness (QED) is 0.664. The van der Waals surface area contributed by atoms with Crippen molar-refractivity contribution >= 4 is 27.4 Å². The third-order valence-corrected chi connectivity index (χ3v) is 4.51. The molecule has 19 heavy (non-hydrogen) atoms. The van der Waals surface area contributed by atoms with Gasteiger partial charge in [0.15, 0.2) is 11.6 Å².